The molecule has 1 aliphatic rings. The Morgan fingerprint density at radius 3 is 2.38 bits per heavy atom. The number of aliphatic carboxylic acids is 1. The summed E-state index contributed by atoms with van der Waals surface area (Å²) in [5.74, 6) is -0.856. The van der Waals surface area contributed by atoms with Gasteiger partial charge in [-0.3, -0.25) is 4.79 Å². The molecule has 0 atom stereocenters. The van der Waals surface area contributed by atoms with Crippen LogP contribution < -0.4 is 5.32 Å². The number of nitrogens with one attached hydrogen (secondary N) is 1. The first-order chi connectivity index (χ1) is 9.83. The predicted octanol–water partition coefficient (Wildman–Crippen LogP) is 2.80. The number of carboxylic acids is 1. The summed E-state index contributed by atoms with van der Waals surface area (Å²) in [7, 11) is 0. The van der Waals surface area contributed by atoms with E-state index < -0.39 is 17.5 Å². The van der Waals surface area contributed by atoms with E-state index in [0.29, 0.717) is 12.8 Å². The molecule has 114 valence electrons. The first kappa shape index (κ1) is 15.4. The van der Waals surface area contributed by atoms with Crippen molar-refractivity contribution in [1.82, 2.24) is 5.32 Å². The van der Waals surface area contributed by atoms with E-state index in [-0.39, 0.29) is 18.6 Å². The fourth-order valence-electron chi connectivity index (χ4n) is 3.15. The molecule has 1 saturated carbocycles. The van der Waals surface area contributed by atoms with Crippen molar-refractivity contribution in [3.8, 4) is 0 Å². The minimum absolute atomic E-state index is 0.0218. The van der Waals surface area contributed by atoms with E-state index in [9.17, 15) is 14.7 Å². The Morgan fingerprint density at radius 1 is 1.24 bits per heavy atom. The van der Waals surface area contributed by atoms with Gasteiger partial charge in [0.05, 0.1) is 5.41 Å². The highest BCUT2D eigenvalue weighted by molar-refractivity contribution is 5.78. The summed E-state index contributed by atoms with van der Waals surface area (Å²) >= 11 is 0. The molecule has 1 aliphatic carbocycles. The summed E-state index contributed by atoms with van der Waals surface area (Å²) < 4.78 is 5.08. The Labute approximate surface area is 124 Å². The Kier molecular flexibility index (Phi) is 4.21. The molecule has 5 heteroatoms. The summed E-state index contributed by atoms with van der Waals surface area (Å²) in [5.41, 5.74) is 0.0638. The monoisotopic (exact) mass is 291 g/mol. The summed E-state index contributed by atoms with van der Waals surface area (Å²) in [6, 6.07) is 9.35. The van der Waals surface area contributed by atoms with Crippen LogP contribution in [-0.4, -0.2) is 23.7 Å². The van der Waals surface area contributed by atoms with Crippen LogP contribution in [0.3, 0.4) is 0 Å². The third kappa shape index (κ3) is 3.74. The number of rotatable bonds is 5. The van der Waals surface area contributed by atoms with Gasteiger partial charge >= 0.3 is 12.1 Å². The second-order valence-electron chi connectivity index (χ2n) is 6.52. The molecule has 0 aromatic heterocycles. The Balaban J connectivity index is 1.79. The number of hydrogen-bond donors (Lipinski definition) is 2. The fourth-order valence-corrected chi connectivity index (χ4v) is 3.15. The quantitative estimate of drug-likeness (QED) is 0.874. The maximum atomic E-state index is 11.7. The summed E-state index contributed by atoms with van der Waals surface area (Å²) in [5, 5.41) is 11.9. The van der Waals surface area contributed by atoms with Crippen molar-refractivity contribution >= 4 is 12.1 Å². The molecule has 2 rings (SSSR count). The molecular weight excluding hydrogens is 270 g/mol. The van der Waals surface area contributed by atoms with Crippen molar-refractivity contribution in [2.24, 2.45) is 10.8 Å². The average molecular weight is 291 g/mol. The van der Waals surface area contributed by atoms with Gasteiger partial charge < -0.3 is 15.2 Å². The number of benzene rings is 1. The lowest BCUT2D eigenvalue weighted by Gasteiger charge is -2.50. The molecule has 1 aromatic rings. The molecule has 0 aliphatic heterocycles. The van der Waals surface area contributed by atoms with Gasteiger partial charge in [-0.2, -0.15) is 0 Å². The fraction of sp³-hybridized carbons (Fsp3) is 0.500. The molecule has 0 heterocycles. The Hall–Kier alpha value is -2.04. The van der Waals surface area contributed by atoms with Crippen molar-refractivity contribution in [1.29, 1.82) is 0 Å². The minimum Gasteiger partial charge on any atom is -0.481 e. The third-order valence-electron chi connectivity index (χ3n) is 3.87. The number of alkyl carbamates (subject to hydrolysis) is 1. The van der Waals surface area contributed by atoms with Crippen LogP contribution in [0.15, 0.2) is 30.3 Å². The number of carbonyl (C=O) groups is 2. The molecule has 21 heavy (non-hydrogen) atoms. The largest absolute Gasteiger partial charge is 0.481 e. The maximum Gasteiger partial charge on any atom is 0.407 e. The van der Waals surface area contributed by atoms with Gasteiger partial charge in [0.1, 0.15) is 6.61 Å². The molecule has 1 fully saturated rings. The van der Waals surface area contributed by atoms with Crippen LogP contribution in [0.5, 0.6) is 0 Å². The zero-order chi connectivity index (χ0) is 15.5. The number of amides is 1. The topological polar surface area (TPSA) is 75.6 Å². The van der Waals surface area contributed by atoms with Crippen LogP contribution in [0.2, 0.25) is 0 Å². The van der Waals surface area contributed by atoms with Crippen molar-refractivity contribution in [2.75, 3.05) is 6.54 Å². The van der Waals surface area contributed by atoms with Gasteiger partial charge in [0.25, 0.3) is 0 Å². The van der Waals surface area contributed by atoms with Crippen LogP contribution in [0.25, 0.3) is 0 Å². The highest BCUT2D eigenvalue weighted by atomic mass is 16.5. The van der Waals surface area contributed by atoms with Gasteiger partial charge in [-0.1, -0.05) is 44.2 Å². The molecule has 5 nitrogen and oxygen atoms in total. The number of carbonyl (C=O) groups excluding carboxylic acids is 1. The normalized spacial score (nSPS) is 18.4. The zero-order valence-electron chi connectivity index (χ0n) is 12.4. The highest BCUT2D eigenvalue weighted by Gasteiger charge is 2.54. The van der Waals surface area contributed by atoms with Gasteiger partial charge in [-0.25, -0.2) is 4.79 Å². The zero-order valence-corrected chi connectivity index (χ0v) is 12.4. The van der Waals surface area contributed by atoms with Gasteiger partial charge in [0.15, 0.2) is 0 Å². The van der Waals surface area contributed by atoms with Crippen molar-refractivity contribution in [2.45, 2.75) is 33.3 Å². The van der Waals surface area contributed by atoms with Crippen LogP contribution >= 0.6 is 0 Å². The van der Waals surface area contributed by atoms with Crippen molar-refractivity contribution < 1.29 is 19.4 Å². The Morgan fingerprint density at radius 2 is 1.86 bits per heavy atom. The highest BCUT2D eigenvalue weighted by Crippen LogP contribution is 2.53. The van der Waals surface area contributed by atoms with Gasteiger partial charge in [0, 0.05) is 6.54 Å². The first-order valence-electron chi connectivity index (χ1n) is 7.01. The smallest absolute Gasteiger partial charge is 0.407 e. The Bertz CT molecular complexity index is 516. The number of ether oxygens (including phenoxy) is 1. The van der Waals surface area contributed by atoms with E-state index in [1.165, 1.54) is 0 Å². The maximum absolute atomic E-state index is 11.7. The second kappa shape index (κ2) is 5.76. The lowest BCUT2D eigenvalue weighted by atomic mass is 9.54. The SMILES string of the molecule is CC1(C)CC(CNC(=O)OCc2ccccc2)(C(=O)O)C1. The van der Waals surface area contributed by atoms with Crippen LogP contribution in [0.4, 0.5) is 4.79 Å². The van der Waals surface area contributed by atoms with E-state index in [1.54, 1.807) is 0 Å². The van der Waals surface area contributed by atoms with Crippen molar-refractivity contribution in [3.63, 3.8) is 0 Å². The van der Waals surface area contributed by atoms with Crippen LogP contribution in [-0.2, 0) is 16.1 Å². The van der Waals surface area contributed by atoms with Crippen LogP contribution in [0, 0.1) is 10.8 Å². The second-order valence-corrected chi connectivity index (χ2v) is 6.52. The lowest BCUT2D eigenvalue weighted by molar-refractivity contribution is -0.162. The molecule has 0 radical (unpaired) electrons. The molecule has 1 aromatic carbocycles. The van der Waals surface area contributed by atoms with E-state index in [0.717, 1.165) is 5.56 Å². The van der Waals surface area contributed by atoms with E-state index in [2.05, 4.69) is 5.32 Å². The summed E-state index contributed by atoms with van der Waals surface area (Å²) in [6.07, 6.45) is 0.548. The van der Waals surface area contributed by atoms with Crippen LogP contribution in [0.1, 0.15) is 32.3 Å². The first-order valence-corrected chi connectivity index (χ1v) is 7.01. The summed E-state index contributed by atoms with van der Waals surface area (Å²) in [4.78, 5) is 23.1. The minimum atomic E-state index is -0.856. The van der Waals surface area contributed by atoms with E-state index >= 15 is 0 Å². The molecule has 0 spiro atoms. The molecular formula is C16H21NO4. The molecule has 0 saturated heterocycles. The predicted molar refractivity (Wildman–Crippen MR) is 77.7 cm³/mol. The third-order valence-corrected chi connectivity index (χ3v) is 3.87. The van der Waals surface area contributed by atoms with E-state index in [4.69, 9.17) is 4.74 Å². The summed E-state index contributed by atoms with van der Waals surface area (Å²) in [6.45, 7) is 4.35. The number of carboxylic acid groups (broad SMARTS) is 1. The van der Waals surface area contributed by atoms with Gasteiger partial charge in [0.2, 0.25) is 0 Å². The average Bonchev–Trinajstić information content (AvgIpc) is 2.41. The number of hydrogen-bond acceptors (Lipinski definition) is 3. The molecule has 0 bridgehead atoms. The molecule has 2 N–H and O–H groups in total. The lowest BCUT2D eigenvalue weighted by Crippen LogP contribution is -2.54. The molecule has 1 amide bonds. The molecule has 0 unspecified atom stereocenters. The van der Waals surface area contributed by atoms with E-state index in [1.807, 2.05) is 44.2 Å². The van der Waals surface area contributed by atoms with Gasteiger partial charge in [-0.15, -0.1) is 0 Å². The van der Waals surface area contributed by atoms with Gasteiger partial charge in [-0.05, 0) is 23.8 Å². The standard InChI is InChI=1S/C16H21NO4/c1-15(2)9-16(10-15,13(18)19)11-17-14(20)21-8-12-6-4-3-5-7-12/h3-7H,8-11H2,1-2H3,(H,17,20)(H,18,19). The van der Waals surface area contributed by atoms with Crippen molar-refractivity contribution in [3.05, 3.63) is 35.9 Å².